The van der Waals surface area contributed by atoms with Gasteiger partial charge in [0.05, 0.1) is 11.3 Å². The molecule has 0 atom stereocenters. The maximum absolute atomic E-state index is 12.9. The van der Waals surface area contributed by atoms with E-state index in [0.717, 1.165) is 17.7 Å². The molecule has 1 N–H and O–H groups in total. The van der Waals surface area contributed by atoms with Crippen molar-refractivity contribution < 1.29 is 42.0 Å². The Bertz CT molecular complexity index is 1480. The van der Waals surface area contributed by atoms with Crippen molar-refractivity contribution in [3.63, 3.8) is 0 Å². The molecule has 0 spiro atoms. The predicted octanol–water partition coefficient (Wildman–Crippen LogP) is 6.58. The fourth-order valence-corrected chi connectivity index (χ4v) is 4.56. The molecule has 1 aliphatic heterocycles. The highest BCUT2D eigenvalue weighted by atomic mass is 32.1. The van der Waals surface area contributed by atoms with Crippen molar-refractivity contribution in [1.82, 2.24) is 4.98 Å². The van der Waals surface area contributed by atoms with Crippen molar-refractivity contribution >= 4 is 17.3 Å². The van der Waals surface area contributed by atoms with Crippen LogP contribution < -0.4 is 18.9 Å². The van der Waals surface area contributed by atoms with Crippen molar-refractivity contribution in [1.29, 1.82) is 0 Å². The second-order valence-corrected chi connectivity index (χ2v) is 9.30. The number of aromatic nitrogens is 1. The molecule has 0 radical (unpaired) electrons. The molecule has 11 heteroatoms. The summed E-state index contributed by atoms with van der Waals surface area (Å²) in [7, 11) is 0. The molecular weight excluding hydrogens is 523 g/mol. The number of ether oxygens (including phenoxy) is 4. The van der Waals surface area contributed by atoms with Crippen LogP contribution >= 0.6 is 11.3 Å². The molecule has 0 fully saturated rings. The smallest absolute Gasteiger partial charge is 0.416 e. The highest BCUT2D eigenvalue weighted by molar-refractivity contribution is 7.09. The van der Waals surface area contributed by atoms with Crippen LogP contribution in [-0.2, 0) is 17.6 Å². The van der Waals surface area contributed by atoms with Gasteiger partial charge in [0.15, 0.2) is 18.1 Å². The number of aryl methyl sites for hydroxylation is 1. The molecular formula is C27H20F3NO6S. The predicted molar refractivity (Wildman–Crippen MR) is 133 cm³/mol. The van der Waals surface area contributed by atoms with E-state index in [2.05, 4.69) is 4.98 Å². The van der Waals surface area contributed by atoms with Crippen LogP contribution in [0.1, 0.15) is 16.1 Å². The number of hydrogen-bond acceptors (Lipinski definition) is 7. The minimum atomic E-state index is -4.40. The standard InChI is InChI=1S/C27H20F3NO6S/c1-15-8-23(34-11-25-31-20(13-38-25)16-2-5-18(6-3-16)27(28,29)30)19(10-22(15)35-12-26(32)33)17-4-7-21-24(9-17)37-14-36-21/h2-10,13H,11-12,14H2,1H3,(H,32,33). The molecule has 3 aromatic carbocycles. The summed E-state index contributed by atoms with van der Waals surface area (Å²) in [4.78, 5) is 15.5. The largest absolute Gasteiger partial charge is 0.486 e. The van der Waals surface area contributed by atoms with Gasteiger partial charge in [-0.05, 0) is 54.4 Å². The van der Waals surface area contributed by atoms with Gasteiger partial charge in [-0.25, -0.2) is 9.78 Å². The summed E-state index contributed by atoms with van der Waals surface area (Å²) in [5, 5.41) is 11.4. The highest BCUT2D eigenvalue weighted by Gasteiger charge is 2.30. The summed E-state index contributed by atoms with van der Waals surface area (Å²) < 4.78 is 61.1. The molecule has 196 valence electrons. The Morgan fingerprint density at radius 2 is 1.74 bits per heavy atom. The number of aliphatic carboxylic acids is 1. The summed E-state index contributed by atoms with van der Waals surface area (Å²) in [5.74, 6) is 0.996. The summed E-state index contributed by atoms with van der Waals surface area (Å²) in [5.41, 5.74) is 2.46. The van der Waals surface area contributed by atoms with E-state index in [1.54, 1.807) is 36.6 Å². The number of thiazole rings is 1. The third kappa shape index (κ3) is 5.52. The van der Waals surface area contributed by atoms with E-state index in [0.29, 0.717) is 50.4 Å². The highest BCUT2D eigenvalue weighted by Crippen LogP contribution is 2.41. The monoisotopic (exact) mass is 543 g/mol. The van der Waals surface area contributed by atoms with Crippen LogP contribution in [0.5, 0.6) is 23.0 Å². The van der Waals surface area contributed by atoms with Crippen LogP contribution in [0.15, 0.2) is 60.0 Å². The lowest BCUT2D eigenvalue weighted by Gasteiger charge is -2.16. The van der Waals surface area contributed by atoms with Gasteiger partial charge < -0.3 is 24.1 Å². The minimum Gasteiger partial charge on any atom is -0.486 e. The zero-order chi connectivity index (χ0) is 26.9. The first-order valence-electron chi connectivity index (χ1n) is 11.3. The normalized spacial score (nSPS) is 12.4. The number of nitrogens with zero attached hydrogens (tertiary/aromatic N) is 1. The summed E-state index contributed by atoms with van der Waals surface area (Å²) >= 11 is 1.33. The molecule has 38 heavy (non-hydrogen) atoms. The van der Waals surface area contributed by atoms with Gasteiger partial charge in [0.25, 0.3) is 0 Å². The first-order chi connectivity index (χ1) is 18.2. The average molecular weight is 544 g/mol. The summed E-state index contributed by atoms with van der Waals surface area (Å²) in [6.45, 7) is 1.51. The number of carbonyl (C=O) groups is 1. The lowest BCUT2D eigenvalue weighted by molar-refractivity contribution is -0.139. The maximum atomic E-state index is 12.9. The molecule has 0 aliphatic carbocycles. The molecule has 0 saturated carbocycles. The van der Waals surface area contributed by atoms with Crippen LogP contribution in [0.25, 0.3) is 22.4 Å². The molecule has 7 nitrogen and oxygen atoms in total. The second-order valence-electron chi connectivity index (χ2n) is 8.35. The maximum Gasteiger partial charge on any atom is 0.416 e. The SMILES string of the molecule is Cc1cc(OCc2nc(-c3ccc(C(F)(F)F)cc3)cs2)c(-c2ccc3c(c2)OCO3)cc1OCC(=O)O. The number of halogens is 3. The molecule has 2 heterocycles. The van der Waals surface area contributed by atoms with E-state index in [9.17, 15) is 18.0 Å². The van der Waals surface area contributed by atoms with E-state index < -0.39 is 24.3 Å². The van der Waals surface area contributed by atoms with E-state index in [1.165, 1.54) is 23.5 Å². The van der Waals surface area contributed by atoms with E-state index in [-0.39, 0.29) is 13.4 Å². The third-order valence-corrected chi connectivity index (χ3v) is 6.55. The Morgan fingerprint density at radius 1 is 1.00 bits per heavy atom. The van der Waals surface area contributed by atoms with Crippen molar-refractivity contribution in [2.75, 3.05) is 13.4 Å². The second kappa shape index (κ2) is 10.3. The lowest BCUT2D eigenvalue weighted by Crippen LogP contribution is -2.10. The zero-order valence-corrected chi connectivity index (χ0v) is 20.7. The number of benzene rings is 3. The van der Waals surface area contributed by atoms with Crippen molar-refractivity contribution in [2.45, 2.75) is 19.7 Å². The third-order valence-electron chi connectivity index (χ3n) is 5.72. The topological polar surface area (TPSA) is 87.1 Å². The number of rotatable bonds is 8. The minimum absolute atomic E-state index is 0.109. The van der Waals surface area contributed by atoms with E-state index >= 15 is 0 Å². The summed E-state index contributed by atoms with van der Waals surface area (Å²) in [6.07, 6.45) is -4.40. The van der Waals surface area contributed by atoms with Crippen molar-refractivity contribution in [3.8, 4) is 45.4 Å². The molecule has 1 aromatic heterocycles. The molecule has 0 bridgehead atoms. The van der Waals surface area contributed by atoms with Gasteiger partial charge in [-0.3, -0.25) is 0 Å². The van der Waals surface area contributed by atoms with Crippen LogP contribution in [0, 0.1) is 6.92 Å². The Morgan fingerprint density at radius 3 is 2.47 bits per heavy atom. The molecule has 0 saturated heterocycles. The zero-order valence-electron chi connectivity index (χ0n) is 19.9. The van der Waals surface area contributed by atoms with Gasteiger partial charge >= 0.3 is 12.1 Å². The molecule has 1 aliphatic rings. The van der Waals surface area contributed by atoms with Crippen LogP contribution in [0.4, 0.5) is 13.2 Å². The molecule has 5 rings (SSSR count). The van der Waals surface area contributed by atoms with Crippen molar-refractivity contribution in [2.24, 2.45) is 0 Å². The van der Waals surface area contributed by atoms with Crippen LogP contribution in [0.2, 0.25) is 0 Å². The Hall–Kier alpha value is -4.25. The molecule has 0 unspecified atom stereocenters. The van der Waals surface area contributed by atoms with Gasteiger partial charge in [0.2, 0.25) is 6.79 Å². The van der Waals surface area contributed by atoms with Gasteiger partial charge in [-0.2, -0.15) is 13.2 Å². The van der Waals surface area contributed by atoms with E-state index in [1.807, 2.05) is 6.07 Å². The lowest BCUT2D eigenvalue weighted by atomic mass is 10.0. The Labute approximate surface area is 219 Å². The fraction of sp³-hybridized carbons (Fsp3) is 0.185. The first kappa shape index (κ1) is 25.4. The van der Waals surface area contributed by atoms with E-state index in [4.69, 9.17) is 24.1 Å². The average Bonchev–Trinajstić information content (AvgIpc) is 3.55. The fourth-order valence-electron chi connectivity index (χ4n) is 3.84. The Kier molecular flexibility index (Phi) is 6.85. The summed E-state index contributed by atoms with van der Waals surface area (Å²) in [6, 6.07) is 13.7. The van der Waals surface area contributed by atoms with Crippen molar-refractivity contribution in [3.05, 3.63) is 76.1 Å². The van der Waals surface area contributed by atoms with Crippen LogP contribution in [-0.4, -0.2) is 29.5 Å². The van der Waals surface area contributed by atoms with Gasteiger partial charge in [0.1, 0.15) is 23.1 Å². The van der Waals surface area contributed by atoms with Gasteiger partial charge in [-0.15, -0.1) is 11.3 Å². The first-order valence-corrected chi connectivity index (χ1v) is 12.2. The molecule has 0 amide bonds. The Balaban J connectivity index is 1.40. The molecule has 4 aromatic rings. The van der Waals surface area contributed by atoms with Crippen LogP contribution in [0.3, 0.4) is 0 Å². The number of hydrogen-bond donors (Lipinski definition) is 1. The number of alkyl halides is 3. The number of fused-ring (bicyclic) bond motifs is 1. The van der Waals surface area contributed by atoms with Gasteiger partial charge in [-0.1, -0.05) is 18.2 Å². The quantitative estimate of drug-likeness (QED) is 0.269. The number of carboxylic acid groups (broad SMARTS) is 1. The number of carboxylic acids is 1. The van der Waals surface area contributed by atoms with Gasteiger partial charge in [0, 0.05) is 16.5 Å².